The molecule has 0 atom stereocenters. The minimum Gasteiger partial charge on any atom is -0.493 e. The minimum absolute atomic E-state index is 0.574. The maximum atomic E-state index is 6.23. The molecule has 5 aromatic rings. The zero-order valence-electron chi connectivity index (χ0n) is 22.8. The van der Waals surface area contributed by atoms with Crippen LogP contribution in [-0.2, 0) is 6.42 Å². The number of nitrogens with one attached hydrogen (secondary N) is 2. The number of anilines is 2. The predicted octanol–water partition coefficient (Wildman–Crippen LogP) is 6.04. The number of rotatable bonds is 11. The number of likely N-dealkylation sites (tertiary alicyclic amines) is 1. The summed E-state index contributed by atoms with van der Waals surface area (Å²) in [5.74, 6) is 2.31. The summed E-state index contributed by atoms with van der Waals surface area (Å²) in [7, 11) is 0. The largest absolute Gasteiger partial charge is 0.493 e. The summed E-state index contributed by atoms with van der Waals surface area (Å²) in [6.45, 7) is 5.75. The molecule has 3 heterocycles. The Morgan fingerprint density at radius 3 is 2.52 bits per heavy atom. The zero-order valence-corrected chi connectivity index (χ0v) is 22.8. The van der Waals surface area contributed by atoms with E-state index in [2.05, 4.69) is 85.1 Å². The molecule has 2 aromatic heterocycles. The van der Waals surface area contributed by atoms with Gasteiger partial charge < -0.3 is 20.3 Å². The van der Waals surface area contributed by atoms with E-state index in [9.17, 15) is 0 Å². The van der Waals surface area contributed by atoms with Crippen molar-refractivity contribution in [3.05, 3.63) is 97.0 Å². The second-order valence-electron chi connectivity index (χ2n) is 10.5. The average Bonchev–Trinajstić information content (AvgIpc) is 3.01. The van der Waals surface area contributed by atoms with Crippen molar-refractivity contribution in [2.24, 2.45) is 5.92 Å². The van der Waals surface area contributed by atoms with Crippen LogP contribution >= 0.6 is 0 Å². The molecule has 0 bridgehead atoms. The lowest BCUT2D eigenvalue weighted by Crippen LogP contribution is -2.38. The van der Waals surface area contributed by atoms with Gasteiger partial charge in [0.15, 0.2) is 0 Å². The fourth-order valence-corrected chi connectivity index (χ4v) is 5.43. The lowest BCUT2D eigenvalue weighted by molar-refractivity contribution is 0.145. The van der Waals surface area contributed by atoms with Crippen LogP contribution in [0.5, 0.6) is 5.75 Å². The molecule has 6 rings (SSSR count). The van der Waals surface area contributed by atoms with Crippen molar-refractivity contribution in [3.8, 4) is 5.75 Å². The minimum atomic E-state index is 0.574. The number of ether oxygens (including phenoxy) is 1. The van der Waals surface area contributed by atoms with E-state index in [0.29, 0.717) is 5.92 Å². The van der Waals surface area contributed by atoms with Gasteiger partial charge in [-0.15, -0.1) is 0 Å². The van der Waals surface area contributed by atoms with Gasteiger partial charge in [0.25, 0.3) is 0 Å². The van der Waals surface area contributed by atoms with Gasteiger partial charge in [0.05, 0.1) is 17.6 Å². The van der Waals surface area contributed by atoms with Crippen LogP contribution in [0.2, 0.25) is 0 Å². The highest BCUT2D eigenvalue weighted by Crippen LogP contribution is 2.26. The number of piperidine rings is 1. The number of hydrogen-bond donors (Lipinski definition) is 2. The van der Waals surface area contributed by atoms with Gasteiger partial charge in [-0.3, -0.25) is 4.98 Å². The number of nitrogens with zero attached hydrogens (tertiary/aromatic N) is 4. The van der Waals surface area contributed by atoms with E-state index in [-0.39, 0.29) is 0 Å². The first-order valence-corrected chi connectivity index (χ1v) is 14.3. The number of pyridine rings is 1. The Balaban J connectivity index is 0.946. The van der Waals surface area contributed by atoms with Crippen molar-refractivity contribution in [2.75, 3.05) is 50.0 Å². The second-order valence-corrected chi connectivity index (χ2v) is 10.5. The van der Waals surface area contributed by atoms with Crippen LogP contribution in [0.1, 0.15) is 18.4 Å². The summed E-state index contributed by atoms with van der Waals surface area (Å²) >= 11 is 0. The van der Waals surface area contributed by atoms with Gasteiger partial charge in [0, 0.05) is 48.4 Å². The summed E-state index contributed by atoms with van der Waals surface area (Å²) in [6.07, 6.45) is 6.76. The molecule has 3 aromatic carbocycles. The van der Waals surface area contributed by atoms with Crippen LogP contribution in [-0.4, -0.2) is 59.2 Å². The van der Waals surface area contributed by atoms with E-state index < -0.39 is 0 Å². The highest BCUT2D eigenvalue weighted by molar-refractivity contribution is 5.91. The Bertz CT molecular complexity index is 1530. The number of hydrogen-bond acceptors (Lipinski definition) is 7. The normalized spacial score (nSPS) is 14.4. The van der Waals surface area contributed by atoms with Gasteiger partial charge >= 0.3 is 0 Å². The predicted molar refractivity (Wildman–Crippen MR) is 163 cm³/mol. The summed E-state index contributed by atoms with van der Waals surface area (Å²) in [5.41, 5.74) is 4.40. The van der Waals surface area contributed by atoms with Gasteiger partial charge in [-0.2, -0.15) is 0 Å². The maximum absolute atomic E-state index is 6.23. The molecule has 1 aliphatic rings. The molecule has 7 nitrogen and oxygen atoms in total. The molecule has 0 amide bonds. The van der Waals surface area contributed by atoms with E-state index in [1.165, 1.54) is 10.9 Å². The van der Waals surface area contributed by atoms with Gasteiger partial charge in [-0.05, 0) is 68.1 Å². The standard InChI is InChI=1S/C33H36N6O/c1-2-6-25(7-3-1)12-16-36-33-29-11-10-27(22-32(29)37-24-38-33)40-23-26-14-19-39(20-15-26)21-18-35-31-13-17-34-30-9-5-4-8-28(30)31/h1-11,13,17,22,24,26H,12,14-16,18-21,23H2,(H,34,35)(H,36,37,38). The molecule has 0 radical (unpaired) electrons. The van der Waals surface area contributed by atoms with Crippen LogP contribution in [0.25, 0.3) is 21.8 Å². The Hall–Kier alpha value is -4.23. The van der Waals surface area contributed by atoms with E-state index in [1.807, 2.05) is 30.5 Å². The summed E-state index contributed by atoms with van der Waals surface area (Å²) < 4.78 is 6.23. The van der Waals surface area contributed by atoms with Crippen molar-refractivity contribution >= 4 is 33.3 Å². The molecule has 7 heteroatoms. The highest BCUT2D eigenvalue weighted by atomic mass is 16.5. The monoisotopic (exact) mass is 532 g/mol. The number of aromatic nitrogens is 3. The Labute approximate surface area is 235 Å². The second kappa shape index (κ2) is 12.7. The molecule has 0 aliphatic carbocycles. The Morgan fingerprint density at radius 2 is 1.62 bits per heavy atom. The first kappa shape index (κ1) is 26.0. The van der Waals surface area contributed by atoms with Gasteiger partial charge in [0.2, 0.25) is 0 Å². The SMILES string of the molecule is c1ccc(CCNc2ncnc3cc(OCC4CCN(CCNc5ccnc6ccccc56)CC4)ccc23)cc1. The first-order chi connectivity index (χ1) is 19.8. The fourth-order valence-electron chi connectivity index (χ4n) is 5.43. The number of para-hydroxylation sites is 1. The molecule has 0 unspecified atom stereocenters. The third kappa shape index (κ3) is 6.49. The molecule has 40 heavy (non-hydrogen) atoms. The molecule has 1 aliphatic heterocycles. The third-order valence-electron chi connectivity index (χ3n) is 7.74. The van der Waals surface area contributed by atoms with Gasteiger partial charge in [-0.25, -0.2) is 9.97 Å². The lowest BCUT2D eigenvalue weighted by Gasteiger charge is -2.32. The summed E-state index contributed by atoms with van der Waals surface area (Å²) in [5, 5.41) is 9.28. The van der Waals surface area contributed by atoms with Gasteiger partial charge in [-0.1, -0.05) is 48.5 Å². The van der Waals surface area contributed by atoms with E-state index in [0.717, 1.165) is 92.3 Å². The molecule has 1 saturated heterocycles. The van der Waals surface area contributed by atoms with Crippen LogP contribution < -0.4 is 15.4 Å². The topological polar surface area (TPSA) is 75.2 Å². The van der Waals surface area contributed by atoms with Crippen molar-refractivity contribution in [3.63, 3.8) is 0 Å². The van der Waals surface area contributed by atoms with Crippen molar-refractivity contribution in [2.45, 2.75) is 19.3 Å². The fraction of sp³-hybridized carbons (Fsp3) is 0.303. The average molecular weight is 533 g/mol. The molecule has 0 spiro atoms. The molecular formula is C33H36N6O. The Kier molecular flexibility index (Phi) is 8.29. The van der Waals surface area contributed by atoms with E-state index >= 15 is 0 Å². The molecular weight excluding hydrogens is 496 g/mol. The van der Waals surface area contributed by atoms with Crippen LogP contribution in [0.4, 0.5) is 11.5 Å². The maximum Gasteiger partial charge on any atom is 0.137 e. The third-order valence-corrected chi connectivity index (χ3v) is 7.74. The van der Waals surface area contributed by atoms with Crippen molar-refractivity contribution in [1.82, 2.24) is 19.9 Å². The Morgan fingerprint density at radius 1 is 0.775 bits per heavy atom. The molecule has 204 valence electrons. The molecule has 1 fully saturated rings. The van der Waals surface area contributed by atoms with Crippen LogP contribution in [0.15, 0.2) is 91.4 Å². The number of fused-ring (bicyclic) bond motifs is 2. The van der Waals surface area contributed by atoms with Crippen molar-refractivity contribution < 1.29 is 4.74 Å². The summed E-state index contributed by atoms with van der Waals surface area (Å²) in [4.78, 5) is 16.0. The quantitative estimate of drug-likeness (QED) is 0.215. The van der Waals surface area contributed by atoms with Gasteiger partial charge in [0.1, 0.15) is 17.9 Å². The summed E-state index contributed by atoms with van der Waals surface area (Å²) in [6, 6.07) is 27.0. The zero-order chi connectivity index (χ0) is 27.0. The van der Waals surface area contributed by atoms with E-state index in [4.69, 9.17) is 4.74 Å². The lowest BCUT2D eigenvalue weighted by atomic mass is 9.98. The first-order valence-electron chi connectivity index (χ1n) is 14.3. The smallest absolute Gasteiger partial charge is 0.137 e. The van der Waals surface area contributed by atoms with Crippen LogP contribution in [0, 0.1) is 5.92 Å². The van der Waals surface area contributed by atoms with Crippen LogP contribution in [0.3, 0.4) is 0 Å². The molecule has 2 N–H and O–H groups in total. The number of benzene rings is 3. The highest BCUT2D eigenvalue weighted by Gasteiger charge is 2.19. The van der Waals surface area contributed by atoms with E-state index in [1.54, 1.807) is 6.33 Å². The van der Waals surface area contributed by atoms with Crippen molar-refractivity contribution in [1.29, 1.82) is 0 Å². The molecule has 0 saturated carbocycles.